The van der Waals surface area contributed by atoms with E-state index in [-0.39, 0.29) is 6.10 Å². The normalized spacial score (nSPS) is 22.1. The molecule has 3 saturated heterocycles. The highest BCUT2D eigenvalue weighted by Gasteiger charge is 2.47. The van der Waals surface area contributed by atoms with E-state index >= 15 is 0 Å². The zero-order chi connectivity index (χ0) is 26.2. The molecule has 7 heteroatoms. The van der Waals surface area contributed by atoms with Crippen LogP contribution in [0.4, 0.5) is 0 Å². The summed E-state index contributed by atoms with van der Waals surface area (Å²) in [5.41, 5.74) is 3.92. The van der Waals surface area contributed by atoms with Crippen molar-refractivity contribution in [3.05, 3.63) is 102 Å². The highest BCUT2D eigenvalue weighted by molar-refractivity contribution is 6.27. The zero-order valence-corrected chi connectivity index (χ0v) is 20.9. The lowest BCUT2D eigenvalue weighted by atomic mass is 9.72. The minimum absolute atomic E-state index is 0.221. The van der Waals surface area contributed by atoms with Gasteiger partial charge in [0.05, 0.1) is 19.8 Å². The Labute approximate surface area is 217 Å². The number of ether oxygens (including phenoxy) is 2. The lowest BCUT2D eigenvalue weighted by Crippen LogP contribution is -2.60. The maximum Gasteiger partial charge on any atom is 0.414 e. The number of hydrogen-bond donors (Lipinski definition) is 2. The lowest BCUT2D eigenvalue weighted by Gasteiger charge is -2.53. The van der Waals surface area contributed by atoms with Crippen molar-refractivity contribution in [3.8, 4) is 5.75 Å². The van der Waals surface area contributed by atoms with Crippen molar-refractivity contribution >= 4 is 11.9 Å². The topological polar surface area (TPSA) is 96.3 Å². The Bertz CT molecular complexity index is 1110. The van der Waals surface area contributed by atoms with E-state index in [4.69, 9.17) is 29.3 Å². The monoisotopic (exact) mass is 503 g/mol. The van der Waals surface area contributed by atoms with Gasteiger partial charge >= 0.3 is 11.9 Å². The first-order valence-electron chi connectivity index (χ1n) is 12.5. The van der Waals surface area contributed by atoms with Crippen LogP contribution in [0.5, 0.6) is 5.75 Å². The average molecular weight is 504 g/mol. The molecule has 3 fully saturated rings. The van der Waals surface area contributed by atoms with Crippen molar-refractivity contribution in [1.82, 2.24) is 4.90 Å². The van der Waals surface area contributed by atoms with Crippen LogP contribution in [0.25, 0.3) is 0 Å². The number of fused-ring (bicyclic) bond motifs is 3. The van der Waals surface area contributed by atoms with Gasteiger partial charge in [-0.1, -0.05) is 72.8 Å². The van der Waals surface area contributed by atoms with Gasteiger partial charge in [-0.3, -0.25) is 4.90 Å². The molecule has 3 heterocycles. The number of carboxylic acids is 2. The Balaban J connectivity index is 0.000000480. The number of carboxylic acid groups (broad SMARTS) is 2. The fourth-order valence-corrected chi connectivity index (χ4v) is 5.53. The summed E-state index contributed by atoms with van der Waals surface area (Å²) in [5, 5.41) is 14.8. The number of methoxy groups -OCH3 is 1. The molecule has 3 aliphatic rings. The second kappa shape index (κ2) is 12.5. The van der Waals surface area contributed by atoms with Crippen LogP contribution in [-0.2, 0) is 20.9 Å². The Morgan fingerprint density at radius 1 is 0.865 bits per heavy atom. The van der Waals surface area contributed by atoms with Crippen LogP contribution in [0.2, 0.25) is 0 Å². The molecule has 2 atom stereocenters. The van der Waals surface area contributed by atoms with Crippen molar-refractivity contribution in [2.45, 2.75) is 37.5 Å². The predicted octanol–water partition coefficient (Wildman–Crippen LogP) is 4.66. The second-order valence-electron chi connectivity index (χ2n) is 9.40. The quantitative estimate of drug-likeness (QED) is 0.453. The predicted molar refractivity (Wildman–Crippen MR) is 140 cm³/mol. The van der Waals surface area contributed by atoms with Crippen molar-refractivity contribution < 1.29 is 29.3 Å². The molecule has 2 unspecified atom stereocenters. The fraction of sp³-hybridized carbons (Fsp3) is 0.333. The number of carbonyl (C=O) groups is 2. The third-order valence-corrected chi connectivity index (χ3v) is 7.22. The van der Waals surface area contributed by atoms with Gasteiger partial charge in [-0.2, -0.15) is 0 Å². The summed E-state index contributed by atoms with van der Waals surface area (Å²) in [4.78, 5) is 20.9. The van der Waals surface area contributed by atoms with Gasteiger partial charge in [0.25, 0.3) is 0 Å². The maximum absolute atomic E-state index is 9.10. The number of benzene rings is 3. The number of piperidine rings is 3. The van der Waals surface area contributed by atoms with Crippen LogP contribution in [0.15, 0.2) is 84.9 Å². The van der Waals surface area contributed by atoms with Gasteiger partial charge in [0.15, 0.2) is 0 Å². The molecular weight excluding hydrogens is 470 g/mol. The number of aliphatic carboxylic acids is 2. The molecule has 3 aromatic rings. The highest BCUT2D eigenvalue weighted by atomic mass is 16.5. The van der Waals surface area contributed by atoms with Gasteiger partial charge in [0.2, 0.25) is 0 Å². The van der Waals surface area contributed by atoms with Gasteiger partial charge in [-0.15, -0.1) is 0 Å². The maximum atomic E-state index is 9.10. The van der Waals surface area contributed by atoms with Gasteiger partial charge in [0.1, 0.15) is 5.75 Å². The van der Waals surface area contributed by atoms with E-state index in [2.05, 4.69) is 77.7 Å². The van der Waals surface area contributed by atoms with Crippen molar-refractivity contribution in [2.24, 2.45) is 5.92 Å². The first-order valence-corrected chi connectivity index (χ1v) is 12.5. The van der Waals surface area contributed by atoms with Gasteiger partial charge in [-0.05, 0) is 60.7 Å². The Kier molecular flexibility index (Phi) is 8.93. The van der Waals surface area contributed by atoms with Crippen LogP contribution >= 0.6 is 0 Å². The third kappa shape index (κ3) is 6.56. The summed E-state index contributed by atoms with van der Waals surface area (Å²) < 4.78 is 12.1. The van der Waals surface area contributed by atoms with Crippen LogP contribution in [-0.4, -0.2) is 59.4 Å². The minimum Gasteiger partial charge on any atom is -0.497 e. The van der Waals surface area contributed by atoms with Gasteiger partial charge < -0.3 is 19.7 Å². The van der Waals surface area contributed by atoms with E-state index in [9.17, 15) is 0 Å². The average Bonchev–Trinajstić information content (AvgIpc) is 2.94. The number of nitrogens with zero attached hydrogens (tertiary/aromatic N) is 1. The lowest BCUT2D eigenvalue weighted by molar-refractivity contribution is -0.159. The van der Waals surface area contributed by atoms with E-state index in [1.165, 1.54) is 42.6 Å². The Morgan fingerprint density at radius 3 is 1.95 bits per heavy atom. The molecule has 7 nitrogen and oxygen atoms in total. The smallest absolute Gasteiger partial charge is 0.414 e. The van der Waals surface area contributed by atoms with E-state index in [1.54, 1.807) is 7.11 Å². The number of rotatable bonds is 7. The highest BCUT2D eigenvalue weighted by Crippen LogP contribution is 2.43. The van der Waals surface area contributed by atoms with Crippen LogP contribution in [0.1, 0.15) is 35.4 Å². The molecule has 0 aliphatic carbocycles. The molecule has 0 aromatic heterocycles. The SMILES string of the molecule is COc1cccc(COC2C3CCN(CC3)C2C(c2ccccc2)c2ccccc2)c1.O=C(O)C(=O)O. The van der Waals surface area contributed by atoms with E-state index in [0.29, 0.717) is 24.5 Å². The van der Waals surface area contributed by atoms with Crippen molar-refractivity contribution in [1.29, 1.82) is 0 Å². The second-order valence-corrected chi connectivity index (χ2v) is 9.40. The molecule has 2 bridgehead atoms. The molecule has 6 rings (SSSR count). The van der Waals surface area contributed by atoms with E-state index < -0.39 is 11.9 Å². The Hall–Kier alpha value is -3.68. The molecule has 0 saturated carbocycles. The summed E-state index contributed by atoms with van der Waals surface area (Å²) in [5.74, 6) is -1.83. The first kappa shape index (κ1) is 26.4. The molecule has 194 valence electrons. The van der Waals surface area contributed by atoms with Crippen LogP contribution < -0.4 is 4.74 Å². The standard InChI is InChI=1S/C28H31NO2.C2H2O4/c1-30-25-14-8-9-21(19-25)20-31-28-24-15-17-29(18-16-24)27(28)26(22-10-4-2-5-11-22)23-12-6-3-7-13-23;3-1(4)2(5)6/h2-14,19,24,26-28H,15-18,20H2,1H3;(H,3,4)(H,5,6). The van der Waals surface area contributed by atoms with Crippen LogP contribution in [0.3, 0.4) is 0 Å². The molecule has 3 aromatic carbocycles. The Morgan fingerprint density at radius 2 is 1.43 bits per heavy atom. The summed E-state index contributed by atoms with van der Waals surface area (Å²) >= 11 is 0. The van der Waals surface area contributed by atoms with Gasteiger partial charge in [-0.25, -0.2) is 9.59 Å². The molecule has 3 aliphatic heterocycles. The molecule has 37 heavy (non-hydrogen) atoms. The van der Waals surface area contributed by atoms with E-state index in [0.717, 1.165) is 5.75 Å². The van der Waals surface area contributed by atoms with Crippen LogP contribution in [0, 0.1) is 5.92 Å². The zero-order valence-electron chi connectivity index (χ0n) is 20.9. The van der Waals surface area contributed by atoms with Crippen molar-refractivity contribution in [3.63, 3.8) is 0 Å². The molecule has 0 spiro atoms. The summed E-state index contributed by atoms with van der Waals surface area (Å²) in [6.07, 6.45) is 2.68. The van der Waals surface area contributed by atoms with E-state index in [1.807, 2.05) is 12.1 Å². The molecule has 0 radical (unpaired) electrons. The molecule has 2 N–H and O–H groups in total. The first-order chi connectivity index (χ1) is 18.0. The summed E-state index contributed by atoms with van der Waals surface area (Å²) in [6, 6.07) is 30.6. The van der Waals surface area contributed by atoms with Crippen molar-refractivity contribution in [2.75, 3.05) is 20.2 Å². The molecular formula is C30H33NO6. The largest absolute Gasteiger partial charge is 0.497 e. The minimum atomic E-state index is -1.82. The summed E-state index contributed by atoms with van der Waals surface area (Å²) in [6.45, 7) is 2.97. The molecule has 0 amide bonds. The fourth-order valence-electron chi connectivity index (χ4n) is 5.53. The number of hydrogen-bond acceptors (Lipinski definition) is 5. The third-order valence-electron chi connectivity index (χ3n) is 7.22. The summed E-state index contributed by atoms with van der Waals surface area (Å²) in [7, 11) is 1.72. The van der Waals surface area contributed by atoms with Gasteiger partial charge in [0, 0.05) is 12.0 Å².